The third-order valence-corrected chi connectivity index (χ3v) is 3.73. The summed E-state index contributed by atoms with van der Waals surface area (Å²) in [6.45, 7) is 0.674. The van der Waals surface area contributed by atoms with Gasteiger partial charge in [0.25, 0.3) is 5.91 Å². The quantitative estimate of drug-likeness (QED) is 0.920. The van der Waals surface area contributed by atoms with E-state index in [1.807, 2.05) is 24.3 Å². The second kappa shape index (κ2) is 4.70. The highest BCUT2D eigenvalue weighted by Crippen LogP contribution is 2.28. The van der Waals surface area contributed by atoms with Crippen molar-refractivity contribution in [2.45, 2.75) is 18.9 Å². The number of carbonyl (C=O) groups excluding carboxylic acids is 1. The summed E-state index contributed by atoms with van der Waals surface area (Å²) in [7, 11) is 1.78. The van der Waals surface area contributed by atoms with Gasteiger partial charge in [0.05, 0.1) is 6.10 Å². The largest absolute Gasteiger partial charge is 0.451 e. The highest BCUT2D eigenvalue weighted by molar-refractivity contribution is 5.95. The van der Waals surface area contributed by atoms with Crippen molar-refractivity contribution in [3.63, 3.8) is 0 Å². The molecule has 1 aliphatic rings. The topological polar surface area (TPSA) is 53.7 Å². The van der Waals surface area contributed by atoms with Gasteiger partial charge < -0.3 is 14.4 Å². The van der Waals surface area contributed by atoms with Crippen LogP contribution in [-0.2, 0) is 0 Å². The Morgan fingerprint density at radius 3 is 2.84 bits per heavy atom. The molecular formula is C15H17NO3. The molecule has 1 amide bonds. The van der Waals surface area contributed by atoms with Gasteiger partial charge in [-0.15, -0.1) is 0 Å². The minimum absolute atomic E-state index is 0.0995. The average molecular weight is 259 g/mol. The van der Waals surface area contributed by atoms with Gasteiger partial charge in [0.1, 0.15) is 5.58 Å². The minimum Gasteiger partial charge on any atom is -0.451 e. The summed E-state index contributed by atoms with van der Waals surface area (Å²) in [6, 6.07) is 9.38. The highest BCUT2D eigenvalue weighted by Gasteiger charge is 2.29. The van der Waals surface area contributed by atoms with Gasteiger partial charge >= 0.3 is 0 Å². The van der Waals surface area contributed by atoms with Crippen molar-refractivity contribution in [3.05, 3.63) is 36.1 Å². The SMILES string of the molecule is CN(CC1CC(O)C1)C(=O)c1cc2ccccc2o1. The predicted molar refractivity (Wildman–Crippen MR) is 71.9 cm³/mol. The monoisotopic (exact) mass is 259 g/mol. The van der Waals surface area contributed by atoms with E-state index in [1.54, 1.807) is 18.0 Å². The molecule has 1 aromatic carbocycles. The predicted octanol–water partition coefficient (Wildman–Crippen LogP) is 2.28. The van der Waals surface area contributed by atoms with Crippen LogP contribution in [0.1, 0.15) is 23.4 Å². The Morgan fingerprint density at radius 2 is 2.16 bits per heavy atom. The van der Waals surface area contributed by atoms with Crippen LogP contribution in [-0.4, -0.2) is 35.6 Å². The highest BCUT2D eigenvalue weighted by atomic mass is 16.3. The van der Waals surface area contributed by atoms with E-state index in [0.29, 0.717) is 18.2 Å². The Balaban J connectivity index is 1.71. The van der Waals surface area contributed by atoms with Crippen LogP contribution >= 0.6 is 0 Å². The summed E-state index contributed by atoms with van der Waals surface area (Å²) in [6.07, 6.45) is 1.40. The van der Waals surface area contributed by atoms with Gasteiger partial charge in [0, 0.05) is 19.0 Å². The van der Waals surface area contributed by atoms with Crippen molar-refractivity contribution in [2.24, 2.45) is 5.92 Å². The average Bonchev–Trinajstić information content (AvgIpc) is 2.79. The zero-order chi connectivity index (χ0) is 13.4. The number of aliphatic hydroxyl groups excluding tert-OH is 1. The number of amides is 1. The van der Waals surface area contributed by atoms with E-state index in [2.05, 4.69) is 0 Å². The first-order valence-electron chi connectivity index (χ1n) is 6.55. The molecule has 4 heteroatoms. The van der Waals surface area contributed by atoms with Crippen molar-refractivity contribution in [2.75, 3.05) is 13.6 Å². The summed E-state index contributed by atoms with van der Waals surface area (Å²) in [5.41, 5.74) is 0.735. The van der Waals surface area contributed by atoms with Gasteiger partial charge in [-0.3, -0.25) is 4.79 Å². The van der Waals surface area contributed by atoms with Crippen LogP contribution in [0.4, 0.5) is 0 Å². The molecule has 100 valence electrons. The van der Waals surface area contributed by atoms with Crippen LogP contribution in [0.5, 0.6) is 0 Å². The normalized spacial score (nSPS) is 22.2. The first kappa shape index (κ1) is 12.2. The van der Waals surface area contributed by atoms with Crippen LogP contribution in [0.25, 0.3) is 11.0 Å². The summed E-state index contributed by atoms with van der Waals surface area (Å²) in [4.78, 5) is 13.9. The van der Waals surface area contributed by atoms with E-state index in [-0.39, 0.29) is 12.0 Å². The third-order valence-electron chi connectivity index (χ3n) is 3.73. The van der Waals surface area contributed by atoms with E-state index in [1.165, 1.54) is 0 Å². The Bertz CT molecular complexity index is 565. The minimum atomic E-state index is -0.181. The molecule has 0 unspecified atom stereocenters. The molecule has 1 fully saturated rings. The first-order valence-corrected chi connectivity index (χ1v) is 6.55. The lowest BCUT2D eigenvalue weighted by Crippen LogP contribution is -2.39. The number of rotatable bonds is 3. The van der Waals surface area contributed by atoms with E-state index >= 15 is 0 Å². The molecule has 1 saturated carbocycles. The number of fused-ring (bicyclic) bond motifs is 1. The summed E-state index contributed by atoms with van der Waals surface area (Å²) in [5, 5.41) is 10.2. The van der Waals surface area contributed by atoms with Crippen LogP contribution in [0.2, 0.25) is 0 Å². The van der Waals surface area contributed by atoms with Gasteiger partial charge in [-0.25, -0.2) is 0 Å². The second-order valence-corrected chi connectivity index (χ2v) is 5.33. The smallest absolute Gasteiger partial charge is 0.289 e. The number of nitrogens with zero attached hydrogens (tertiary/aromatic N) is 1. The van der Waals surface area contributed by atoms with E-state index in [9.17, 15) is 9.90 Å². The molecule has 3 rings (SSSR count). The maximum absolute atomic E-state index is 12.2. The number of carbonyl (C=O) groups is 1. The number of hydrogen-bond donors (Lipinski definition) is 1. The molecule has 1 heterocycles. The summed E-state index contributed by atoms with van der Waals surface area (Å²) < 4.78 is 5.56. The lowest BCUT2D eigenvalue weighted by molar-refractivity contribution is 0.0258. The lowest BCUT2D eigenvalue weighted by atomic mass is 9.82. The first-order chi connectivity index (χ1) is 9.13. The lowest BCUT2D eigenvalue weighted by Gasteiger charge is -2.34. The second-order valence-electron chi connectivity index (χ2n) is 5.33. The zero-order valence-electron chi connectivity index (χ0n) is 10.9. The Hall–Kier alpha value is -1.81. The number of aliphatic hydroxyl groups is 1. The van der Waals surface area contributed by atoms with Crippen molar-refractivity contribution in [1.29, 1.82) is 0 Å². The van der Waals surface area contributed by atoms with E-state index in [4.69, 9.17) is 4.42 Å². The van der Waals surface area contributed by atoms with Crippen molar-refractivity contribution >= 4 is 16.9 Å². The van der Waals surface area contributed by atoms with Gasteiger partial charge in [-0.1, -0.05) is 18.2 Å². The molecule has 19 heavy (non-hydrogen) atoms. The third kappa shape index (κ3) is 2.36. The maximum Gasteiger partial charge on any atom is 0.289 e. The van der Waals surface area contributed by atoms with Gasteiger partial charge in [-0.2, -0.15) is 0 Å². The number of hydrogen-bond acceptors (Lipinski definition) is 3. The summed E-state index contributed by atoms with van der Waals surface area (Å²) >= 11 is 0. The molecule has 2 aromatic rings. The molecule has 0 bridgehead atoms. The van der Waals surface area contributed by atoms with Crippen molar-refractivity contribution in [1.82, 2.24) is 4.90 Å². The Morgan fingerprint density at radius 1 is 1.42 bits per heavy atom. The molecule has 4 nitrogen and oxygen atoms in total. The summed E-state index contributed by atoms with van der Waals surface area (Å²) in [5.74, 6) is 0.689. The van der Waals surface area contributed by atoms with Gasteiger partial charge in [-0.05, 0) is 30.9 Å². The zero-order valence-corrected chi connectivity index (χ0v) is 10.9. The Labute approximate surface area is 111 Å². The van der Waals surface area contributed by atoms with E-state index in [0.717, 1.165) is 23.8 Å². The van der Waals surface area contributed by atoms with Gasteiger partial charge in [0.2, 0.25) is 0 Å². The maximum atomic E-state index is 12.2. The Kier molecular flexibility index (Phi) is 3.03. The molecule has 0 aliphatic heterocycles. The molecule has 0 radical (unpaired) electrons. The molecule has 0 spiro atoms. The fourth-order valence-corrected chi connectivity index (χ4v) is 2.60. The standard InChI is InChI=1S/C15H17NO3/c1-16(9-10-6-12(17)7-10)15(18)14-8-11-4-2-3-5-13(11)19-14/h2-5,8,10,12,17H,6-7,9H2,1H3. The molecule has 1 aliphatic carbocycles. The molecular weight excluding hydrogens is 242 g/mol. The number of benzene rings is 1. The van der Waals surface area contributed by atoms with Crippen LogP contribution in [0.15, 0.2) is 34.7 Å². The van der Waals surface area contributed by atoms with E-state index < -0.39 is 0 Å². The fourth-order valence-electron chi connectivity index (χ4n) is 2.60. The molecule has 0 saturated heterocycles. The number of furan rings is 1. The van der Waals surface area contributed by atoms with Crippen LogP contribution < -0.4 is 0 Å². The van der Waals surface area contributed by atoms with Crippen molar-refractivity contribution in [3.8, 4) is 0 Å². The van der Waals surface area contributed by atoms with Crippen molar-refractivity contribution < 1.29 is 14.3 Å². The molecule has 1 N–H and O–H groups in total. The fraction of sp³-hybridized carbons (Fsp3) is 0.400. The van der Waals surface area contributed by atoms with Crippen LogP contribution in [0, 0.1) is 5.92 Å². The van der Waals surface area contributed by atoms with Crippen LogP contribution in [0.3, 0.4) is 0 Å². The van der Waals surface area contributed by atoms with Gasteiger partial charge in [0.15, 0.2) is 5.76 Å². The number of para-hydroxylation sites is 1. The molecule has 0 atom stereocenters. The molecule has 1 aromatic heterocycles.